The van der Waals surface area contributed by atoms with Gasteiger partial charge in [-0.1, -0.05) is 27.7 Å². The number of morpholine rings is 1. The second kappa shape index (κ2) is 8.89. The fourth-order valence-electron chi connectivity index (χ4n) is 2.82. The predicted octanol–water partition coefficient (Wildman–Crippen LogP) is 2.51. The van der Waals surface area contributed by atoms with Crippen LogP contribution < -0.4 is 5.32 Å². The maximum atomic E-state index is 5.53. The smallest absolute Gasteiger partial charge is 0.0620 e. The molecule has 1 saturated heterocycles. The molecule has 1 aliphatic rings. The molecule has 0 radical (unpaired) electrons. The van der Waals surface area contributed by atoms with Crippen molar-refractivity contribution >= 4 is 0 Å². The average molecular weight is 256 g/mol. The van der Waals surface area contributed by atoms with Crippen molar-refractivity contribution in [3.8, 4) is 0 Å². The highest BCUT2D eigenvalue weighted by Crippen LogP contribution is 2.13. The van der Waals surface area contributed by atoms with Crippen LogP contribution in [0, 0.1) is 5.92 Å². The molecule has 108 valence electrons. The van der Waals surface area contributed by atoms with Gasteiger partial charge in [-0.05, 0) is 25.2 Å². The van der Waals surface area contributed by atoms with Crippen molar-refractivity contribution in [2.24, 2.45) is 5.92 Å². The van der Waals surface area contributed by atoms with E-state index >= 15 is 0 Å². The Balaban J connectivity index is 2.38. The summed E-state index contributed by atoms with van der Waals surface area (Å²) in [4.78, 5) is 2.68. The van der Waals surface area contributed by atoms with Crippen LogP contribution in [0.4, 0.5) is 0 Å². The number of rotatable bonds is 8. The van der Waals surface area contributed by atoms with Crippen LogP contribution in [0.2, 0.25) is 0 Å². The molecule has 0 bridgehead atoms. The largest absolute Gasteiger partial charge is 0.379 e. The van der Waals surface area contributed by atoms with Crippen LogP contribution in [0.1, 0.15) is 47.0 Å². The maximum Gasteiger partial charge on any atom is 0.0620 e. The summed E-state index contributed by atoms with van der Waals surface area (Å²) < 4.78 is 5.53. The summed E-state index contributed by atoms with van der Waals surface area (Å²) >= 11 is 0. The minimum absolute atomic E-state index is 0.558. The molecule has 1 rings (SSSR count). The van der Waals surface area contributed by atoms with Gasteiger partial charge in [0.25, 0.3) is 0 Å². The molecule has 0 aromatic rings. The van der Waals surface area contributed by atoms with Gasteiger partial charge in [-0.25, -0.2) is 0 Å². The molecule has 1 N–H and O–H groups in total. The van der Waals surface area contributed by atoms with E-state index in [1.807, 2.05) is 0 Å². The van der Waals surface area contributed by atoms with Crippen molar-refractivity contribution in [1.29, 1.82) is 0 Å². The minimum Gasteiger partial charge on any atom is -0.379 e. The summed E-state index contributed by atoms with van der Waals surface area (Å²) in [7, 11) is 0. The van der Waals surface area contributed by atoms with Crippen molar-refractivity contribution in [1.82, 2.24) is 10.2 Å². The molecule has 1 heterocycles. The quantitative estimate of drug-likeness (QED) is 0.722. The Hall–Kier alpha value is -0.120. The summed E-state index contributed by atoms with van der Waals surface area (Å²) in [5.74, 6) is 0.751. The molecule has 3 heteroatoms. The molecule has 0 spiro atoms. The average Bonchev–Trinajstić information content (AvgIpc) is 2.38. The Kier molecular flexibility index (Phi) is 7.87. The predicted molar refractivity (Wildman–Crippen MR) is 78.0 cm³/mol. The maximum absolute atomic E-state index is 5.53. The van der Waals surface area contributed by atoms with Gasteiger partial charge >= 0.3 is 0 Å². The van der Waals surface area contributed by atoms with Crippen LogP contribution in [0.3, 0.4) is 0 Å². The third-order valence-corrected chi connectivity index (χ3v) is 3.82. The van der Waals surface area contributed by atoms with E-state index in [4.69, 9.17) is 4.74 Å². The van der Waals surface area contributed by atoms with Gasteiger partial charge in [0.2, 0.25) is 0 Å². The molecule has 0 aliphatic carbocycles. The lowest BCUT2D eigenvalue weighted by Gasteiger charge is -2.34. The van der Waals surface area contributed by atoms with Gasteiger partial charge in [0.15, 0.2) is 0 Å². The van der Waals surface area contributed by atoms with Crippen molar-refractivity contribution in [3.05, 3.63) is 0 Å². The van der Waals surface area contributed by atoms with Crippen molar-refractivity contribution in [2.75, 3.05) is 32.8 Å². The topological polar surface area (TPSA) is 24.5 Å². The highest BCUT2D eigenvalue weighted by molar-refractivity contribution is 4.76. The highest BCUT2D eigenvalue weighted by atomic mass is 16.5. The minimum atomic E-state index is 0.558. The summed E-state index contributed by atoms with van der Waals surface area (Å²) in [6.45, 7) is 14.4. The Morgan fingerprint density at radius 2 is 2.00 bits per heavy atom. The summed E-state index contributed by atoms with van der Waals surface area (Å²) in [6, 6.07) is 1.31. The lowest BCUT2D eigenvalue weighted by atomic mass is 10.1. The Morgan fingerprint density at radius 1 is 1.28 bits per heavy atom. The van der Waals surface area contributed by atoms with E-state index in [1.54, 1.807) is 0 Å². The molecule has 18 heavy (non-hydrogen) atoms. The molecule has 0 aromatic heterocycles. The summed E-state index contributed by atoms with van der Waals surface area (Å²) in [6.07, 6.45) is 3.73. The lowest BCUT2D eigenvalue weighted by molar-refractivity contribution is 0.0653. The molecule has 1 atom stereocenters. The molecule has 1 aliphatic heterocycles. The van der Waals surface area contributed by atoms with E-state index in [-0.39, 0.29) is 0 Å². The van der Waals surface area contributed by atoms with Crippen molar-refractivity contribution in [2.45, 2.75) is 59.0 Å². The molecular weight excluding hydrogens is 224 g/mol. The van der Waals surface area contributed by atoms with Crippen LogP contribution in [0.5, 0.6) is 0 Å². The number of hydrogen-bond donors (Lipinski definition) is 1. The van der Waals surface area contributed by atoms with Gasteiger partial charge in [-0.3, -0.25) is 0 Å². The zero-order valence-corrected chi connectivity index (χ0v) is 12.7. The molecule has 1 unspecified atom stereocenters. The molecule has 0 aromatic carbocycles. The first-order valence-corrected chi connectivity index (χ1v) is 7.72. The second-order valence-electron chi connectivity index (χ2n) is 5.87. The first kappa shape index (κ1) is 15.9. The van der Waals surface area contributed by atoms with Gasteiger partial charge in [-0.2, -0.15) is 0 Å². The zero-order valence-electron chi connectivity index (χ0n) is 12.7. The summed E-state index contributed by atoms with van der Waals surface area (Å²) in [5.41, 5.74) is 0. The van der Waals surface area contributed by atoms with Crippen LogP contribution >= 0.6 is 0 Å². The van der Waals surface area contributed by atoms with E-state index in [1.165, 1.54) is 32.4 Å². The fourth-order valence-corrected chi connectivity index (χ4v) is 2.82. The molecule has 0 saturated carbocycles. The van der Waals surface area contributed by atoms with E-state index in [9.17, 15) is 0 Å². The number of hydrogen-bond acceptors (Lipinski definition) is 3. The zero-order chi connectivity index (χ0) is 13.4. The third kappa shape index (κ3) is 5.68. The van der Waals surface area contributed by atoms with E-state index < -0.39 is 0 Å². The SMILES string of the molecule is CCC(CC)N(CCC1COCCN1)CC(C)C. The lowest BCUT2D eigenvalue weighted by Crippen LogP contribution is -2.45. The van der Waals surface area contributed by atoms with Crippen LogP contribution in [-0.4, -0.2) is 49.8 Å². The van der Waals surface area contributed by atoms with Gasteiger partial charge in [-0.15, -0.1) is 0 Å². The van der Waals surface area contributed by atoms with Crippen LogP contribution in [0.15, 0.2) is 0 Å². The Morgan fingerprint density at radius 3 is 2.50 bits per heavy atom. The molecule has 1 fully saturated rings. The van der Waals surface area contributed by atoms with Gasteiger partial charge < -0.3 is 15.0 Å². The first-order valence-electron chi connectivity index (χ1n) is 7.72. The molecular formula is C15H32N2O. The van der Waals surface area contributed by atoms with Gasteiger partial charge in [0.1, 0.15) is 0 Å². The Labute approximate surface area is 113 Å². The van der Waals surface area contributed by atoms with Crippen LogP contribution in [-0.2, 0) is 4.74 Å². The van der Waals surface area contributed by atoms with Crippen molar-refractivity contribution in [3.63, 3.8) is 0 Å². The highest BCUT2D eigenvalue weighted by Gasteiger charge is 2.19. The van der Waals surface area contributed by atoms with E-state index in [2.05, 4.69) is 37.9 Å². The molecule has 0 amide bonds. The van der Waals surface area contributed by atoms with Crippen molar-refractivity contribution < 1.29 is 4.74 Å². The summed E-state index contributed by atoms with van der Waals surface area (Å²) in [5, 5.41) is 3.55. The standard InChI is InChI=1S/C15H32N2O/c1-5-15(6-2)17(11-13(3)4)9-7-14-12-18-10-8-16-14/h13-16H,5-12H2,1-4H3. The monoisotopic (exact) mass is 256 g/mol. The van der Waals surface area contributed by atoms with Gasteiger partial charge in [0.05, 0.1) is 13.2 Å². The first-order chi connectivity index (χ1) is 8.67. The molecule has 3 nitrogen and oxygen atoms in total. The second-order valence-corrected chi connectivity index (χ2v) is 5.87. The van der Waals surface area contributed by atoms with Crippen LogP contribution in [0.25, 0.3) is 0 Å². The number of nitrogens with one attached hydrogen (secondary N) is 1. The normalized spacial score (nSPS) is 21.2. The van der Waals surface area contributed by atoms with E-state index in [0.717, 1.165) is 31.7 Å². The fraction of sp³-hybridized carbons (Fsp3) is 1.00. The van der Waals surface area contributed by atoms with E-state index in [0.29, 0.717) is 6.04 Å². The third-order valence-electron chi connectivity index (χ3n) is 3.82. The number of ether oxygens (including phenoxy) is 1. The number of nitrogens with zero attached hydrogens (tertiary/aromatic N) is 1. The van der Waals surface area contributed by atoms with Gasteiger partial charge in [0, 0.05) is 31.7 Å². The Bertz CT molecular complexity index is 199.